The molecule has 12 nitrogen and oxygen atoms in total. The first-order chi connectivity index (χ1) is 21.5. The number of rotatable bonds is 16. The highest BCUT2D eigenvalue weighted by molar-refractivity contribution is 6.01. The molecule has 3 aromatic carbocycles. The average molecular weight is 601 g/mol. The summed E-state index contributed by atoms with van der Waals surface area (Å²) >= 11 is 0. The summed E-state index contributed by atoms with van der Waals surface area (Å²) in [5.74, 6) is 1.71. The Morgan fingerprint density at radius 3 is 2.61 bits per heavy atom. The zero-order chi connectivity index (χ0) is 31.4. The van der Waals surface area contributed by atoms with Crippen LogP contribution in [0.15, 0.2) is 89.5 Å². The maximum absolute atomic E-state index is 14.1. The molecule has 12 heteroatoms. The predicted octanol–water partition coefficient (Wildman–Crippen LogP) is 4.93. The lowest BCUT2D eigenvalue weighted by molar-refractivity contribution is -0.130. The number of amides is 1. The fourth-order valence-corrected chi connectivity index (χ4v) is 4.88. The van der Waals surface area contributed by atoms with Crippen LogP contribution < -0.4 is 25.1 Å². The third-order valence-electron chi connectivity index (χ3n) is 7.10. The van der Waals surface area contributed by atoms with E-state index >= 15 is 0 Å². The van der Waals surface area contributed by atoms with Crippen molar-refractivity contribution in [3.8, 4) is 17.2 Å². The standard InChI is InChI=1S/C32H36N6O6/c1-4-16-32(31(40)37-34-21-24-12-15-26(41-2)19-28(24)42-3)29(27-9-6-5-8-23(27)20-35-38-33)44-30(36-32)22-10-13-25(14-11-22)43-18-7-17-39/h4-6,8-15,19,29,34,39H,1,7,16-18,20-21H2,2-3H3,(H,37,40)/t29-,32-/m0/s1. The van der Waals surface area contributed by atoms with E-state index in [4.69, 9.17) is 34.6 Å². The van der Waals surface area contributed by atoms with E-state index in [9.17, 15) is 4.79 Å². The summed E-state index contributed by atoms with van der Waals surface area (Å²) in [6, 6.07) is 19.9. The third-order valence-corrected chi connectivity index (χ3v) is 7.10. The van der Waals surface area contributed by atoms with Gasteiger partial charge in [0.2, 0.25) is 5.90 Å². The van der Waals surface area contributed by atoms with Gasteiger partial charge in [-0.15, -0.1) is 6.58 Å². The highest BCUT2D eigenvalue weighted by Gasteiger charge is 2.53. The Kier molecular flexibility index (Phi) is 11.2. The molecule has 3 N–H and O–H groups in total. The zero-order valence-corrected chi connectivity index (χ0v) is 24.7. The molecule has 0 bridgehead atoms. The van der Waals surface area contributed by atoms with Crippen LogP contribution in [0.1, 0.15) is 41.2 Å². The molecule has 0 saturated heterocycles. The van der Waals surface area contributed by atoms with Crippen LogP contribution >= 0.6 is 0 Å². The number of nitrogens with zero attached hydrogens (tertiary/aromatic N) is 4. The molecular weight excluding hydrogens is 564 g/mol. The Hall–Kier alpha value is -5.03. The Bertz CT molecular complexity index is 1520. The number of aliphatic hydroxyl groups excluding tert-OH is 1. The lowest BCUT2D eigenvalue weighted by Gasteiger charge is -2.30. The van der Waals surface area contributed by atoms with Gasteiger partial charge in [-0.3, -0.25) is 10.2 Å². The molecule has 0 aliphatic carbocycles. The number of azide groups is 1. The highest BCUT2D eigenvalue weighted by Crippen LogP contribution is 2.44. The van der Waals surface area contributed by atoms with Crippen molar-refractivity contribution in [1.82, 2.24) is 10.9 Å². The number of benzene rings is 3. The van der Waals surface area contributed by atoms with E-state index in [0.717, 1.165) is 5.56 Å². The molecule has 0 aromatic heterocycles. The second kappa shape index (κ2) is 15.4. The van der Waals surface area contributed by atoms with Gasteiger partial charge < -0.3 is 24.1 Å². The van der Waals surface area contributed by atoms with Crippen molar-refractivity contribution < 1.29 is 28.8 Å². The van der Waals surface area contributed by atoms with E-state index in [1.165, 1.54) is 0 Å². The van der Waals surface area contributed by atoms with Crippen LogP contribution in [0.25, 0.3) is 10.4 Å². The minimum atomic E-state index is -1.45. The van der Waals surface area contributed by atoms with Crippen LogP contribution in [0.2, 0.25) is 0 Å². The molecule has 0 radical (unpaired) electrons. The Morgan fingerprint density at radius 2 is 1.91 bits per heavy atom. The highest BCUT2D eigenvalue weighted by atomic mass is 16.5. The first-order valence-corrected chi connectivity index (χ1v) is 14.0. The van der Waals surface area contributed by atoms with Crippen molar-refractivity contribution in [2.24, 2.45) is 10.1 Å². The molecule has 1 amide bonds. The third kappa shape index (κ3) is 7.30. The monoisotopic (exact) mass is 600 g/mol. The number of carbonyl (C=O) groups is 1. The van der Waals surface area contributed by atoms with E-state index in [1.807, 2.05) is 36.4 Å². The molecule has 1 aliphatic rings. The summed E-state index contributed by atoms with van der Waals surface area (Å²) in [4.78, 5) is 21.9. The molecule has 2 atom stereocenters. The molecule has 0 fully saturated rings. The first-order valence-electron chi connectivity index (χ1n) is 14.0. The molecule has 3 aromatic rings. The largest absolute Gasteiger partial charge is 0.497 e. The van der Waals surface area contributed by atoms with Gasteiger partial charge in [-0.2, -0.15) is 0 Å². The summed E-state index contributed by atoms with van der Waals surface area (Å²) in [5.41, 5.74) is 16.2. The van der Waals surface area contributed by atoms with Gasteiger partial charge in [0, 0.05) is 48.1 Å². The quantitative estimate of drug-likeness (QED) is 0.0525. The van der Waals surface area contributed by atoms with Gasteiger partial charge in [0.05, 0.1) is 27.4 Å². The number of hydrogen-bond donors (Lipinski definition) is 3. The van der Waals surface area contributed by atoms with E-state index < -0.39 is 17.6 Å². The minimum absolute atomic E-state index is 0.0429. The van der Waals surface area contributed by atoms with E-state index in [-0.39, 0.29) is 32.0 Å². The van der Waals surface area contributed by atoms with Gasteiger partial charge in [-0.05, 0) is 47.0 Å². The molecule has 44 heavy (non-hydrogen) atoms. The van der Waals surface area contributed by atoms with Gasteiger partial charge in [0.1, 0.15) is 17.2 Å². The van der Waals surface area contributed by atoms with Gasteiger partial charge >= 0.3 is 0 Å². The van der Waals surface area contributed by atoms with Crippen molar-refractivity contribution in [2.75, 3.05) is 27.4 Å². The van der Waals surface area contributed by atoms with Gasteiger partial charge in [-0.25, -0.2) is 10.4 Å². The molecule has 1 heterocycles. The first kappa shape index (κ1) is 31.9. The molecule has 230 valence electrons. The summed E-state index contributed by atoms with van der Waals surface area (Å²) in [7, 11) is 3.14. The zero-order valence-electron chi connectivity index (χ0n) is 24.7. The summed E-state index contributed by atoms with van der Waals surface area (Å²) in [6.45, 7) is 4.67. The fourth-order valence-electron chi connectivity index (χ4n) is 4.88. The predicted molar refractivity (Wildman–Crippen MR) is 165 cm³/mol. The summed E-state index contributed by atoms with van der Waals surface area (Å²) in [5, 5.41) is 12.8. The molecule has 0 unspecified atom stereocenters. The van der Waals surface area contributed by atoms with Crippen LogP contribution in [-0.4, -0.2) is 49.9 Å². The van der Waals surface area contributed by atoms with Gasteiger partial charge in [-0.1, -0.05) is 41.5 Å². The Morgan fingerprint density at radius 1 is 1.14 bits per heavy atom. The van der Waals surface area contributed by atoms with Gasteiger partial charge in [0.15, 0.2) is 11.6 Å². The van der Waals surface area contributed by atoms with E-state index in [2.05, 4.69) is 27.5 Å². The van der Waals surface area contributed by atoms with Crippen LogP contribution in [0, 0.1) is 0 Å². The number of aliphatic imine (C=N–C) groups is 1. The number of aliphatic hydroxyl groups is 1. The van der Waals surface area contributed by atoms with E-state index in [0.29, 0.717) is 47.0 Å². The topological polar surface area (TPSA) is 159 Å². The average Bonchev–Trinajstić information content (AvgIpc) is 3.44. The maximum Gasteiger partial charge on any atom is 0.266 e. The number of methoxy groups -OCH3 is 2. The van der Waals surface area contributed by atoms with Gasteiger partial charge in [0.25, 0.3) is 5.91 Å². The van der Waals surface area contributed by atoms with Crippen LogP contribution in [0.5, 0.6) is 17.2 Å². The molecular formula is C32H36N6O6. The second-order valence-electron chi connectivity index (χ2n) is 9.86. The van der Waals surface area contributed by atoms with Crippen molar-refractivity contribution >= 4 is 11.8 Å². The molecule has 1 aliphatic heterocycles. The normalized spacial score (nSPS) is 17.1. The molecule has 4 rings (SSSR count). The Balaban J connectivity index is 1.67. The number of nitrogens with one attached hydrogen (secondary N) is 2. The van der Waals surface area contributed by atoms with Crippen LogP contribution in [-0.2, 0) is 22.6 Å². The summed E-state index contributed by atoms with van der Waals surface area (Å²) in [6.07, 6.45) is 1.44. The van der Waals surface area contributed by atoms with Crippen LogP contribution in [0.4, 0.5) is 0 Å². The second-order valence-corrected chi connectivity index (χ2v) is 9.86. The van der Waals surface area contributed by atoms with Crippen LogP contribution in [0.3, 0.4) is 0 Å². The number of ether oxygens (including phenoxy) is 4. The smallest absolute Gasteiger partial charge is 0.266 e. The lowest BCUT2D eigenvalue weighted by Crippen LogP contribution is -2.52. The summed E-state index contributed by atoms with van der Waals surface area (Å²) < 4.78 is 22.9. The number of hydrogen-bond acceptors (Lipinski definition) is 9. The number of carbonyl (C=O) groups excluding carboxylic acids is 1. The fraction of sp³-hybridized carbons (Fsp3) is 0.312. The Labute approximate surface area is 255 Å². The SMILES string of the molecule is C=CC[C@]1(C(=O)NNCc2ccc(OC)cc2OC)N=C(c2ccc(OCCCO)cc2)O[C@H]1c1ccccc1CN=[N+]=[N-]. The van der Waals surface area contributed by atoms with E-state index in [1.54, 1.807) is 50.6 Å². The minimum Gasteiger partial charge on any atom is -0.497 e. The van der Waals surface area contributed by atoms with Crippen molar-refractivity contribution in [3.63, 3.8) is 0 Å². The van der Waals surface area contributed by atoms with Crippen molar-refractivity contribution in [2.45, 2.75) is 37.6 Å². The molecule has 0 saturated carbocycles. The number of hydrazine groups is 1. The van der Waals surface area contributed by atoms with Crippen molar-refractivity contribution in [1.29, 1.82) is 0 Å². The lowest BCUT2D eigenvalue weighted by atomic mass is 9.83. The maximum atomic E-state index is 14.1. The van der Waals surface area contributed by atoms with Crippen molar-refractivity contribution in [3.05, 3.63) is 112 Å². The molecule has 0 spiro atoms.